The summed E-state index contributed by atoms with van der Waals surface area (Å²) >= 11 is 0. The predicted octanol–water partition coefficient (Wildman–Crippen LogP) is 0.670. The van der Waals surface area contributed by atoms with Gasteiger partial charge in [0.05, 0.1) is 0 Å². The minimum Gasteiger partial charge on any atom is -0.355 e. The maximum Gasteiger partial charge on any atom is 0.111 e. The monoisotopic (exact) mass is 135 g/mol. The second-order valence-electron chi connectivity index (χ2n) is 2.34. The molecule has 2 heterocycles. The quantitative estimate of drug-likeness (QED) is 0.594. The van der Waals surface area contributed by atoms with Crippen LogP contribution in [0.4, 0.5) is 0 Å². The van der Waals surface area contributed by atoms with Gasteiger partial charge in [0.15, 0.2) is 0 Å². The molecule has 0 aliphatic carbocycles. The van der Waals surface area contributed by atoms with Gasteiger partial charge in [0.2, 0.25) is 0 Å². The van der Waals surface area contributed by atoms with Crippen LogP contribution >= 0.6 is 0 Å². The molecule has 0 N–H and O–H groups in total. The first-order chi connectivity index (χ1) is 4.95. The van der Waals surface area contributed by atoms with Crippen LogP contribution in [0.1, 0.15) is 0 Å². The van der Waals surface area contributed by atoms with Gasteiger partial charge < -0.3 is 4.90 Å². The van der Waals surface area contributed by atoms with E-state index in [0.29, 0.717) is 0 Å². The highest BCUT2D eigenvalue weighted by Crippen LogP contribution is 2.02. The van der Waals surface area contributed by atoms with Crippen molar-refractivity contribution in [3.63, 3.8) is 0 Å². The zero-order chi connectivity index (χ0) is 6.81. The number of aromatic nitrogens is 2. The fourth-order valence-corrected chi connectivity index (χ4v) is 0.930. The van der Waals surface area contributed by atoms with Gasteiger partial charge in [0.1, 0.15) is 6.67 Å². The lowest BCUT2D eigenvalue weighted by atomic mass is 10.4. The molecule has 1 aromatic rings. The van der Waals surface area contributed by atoms with E-state index < -0.39 is 0 Å². The average Bonchev–Trinajstić information content (AvgIpc) is 2.29. The van der Waals surface area contributed by atoms with Crippen LogP contribution in [-0.2, 0) is 6.67 Å². The van der Waals surface area contributed by atoms with Crippen molar-refractivity contribution in [3.8, 4) is 0 Å². The third-order valence-corrected chi connectivity index (χ3v) is 1.54. The molecule has 1 aliphatic heterocycles. The van der Waals surface area contributed by atoms with Crippen LogP contribution in [-0.4, -0.2) is 21.2 Å². The SMILES string of the molecule is C1=CN(Cn2cccn2)C1. The van der Waals surface area contributed by atoms with Gasteiger partial charge >= 0.3 is 0 Å². The van der Waals surface area contributed by atoms with Gasteiger partial charge in [0.25, 0.3) is 0 Å². The van der Waals surface area contributed by atoms with E-state index in [9.17, 15) is 0 Å². The molecule has 3 heteroatoms. The van der Waals surface area contributed by atoms with Gasteiger partial charge in [-0.3, -0.25) is 4.68 Å². The smallest absolute Gasteiger partial charge is 0.111 e. The molecular weight excluding hydrogens is 126 g/mol. The third-order valence-electron chi connectivity index (χ3n) is 1.54. The van der Waals surface area contributed by atoms with Crippen LogP contribution in [0.3, 0.4) is 0 Å². The lowest BCUT2D eigenvalue weighted by molar-refractivity contribution is 0.284. The van der Waals surface area contributed by atoms with Crippen molar-refractivity contribution in [1.82, 2.24) is 14.7 Å². The van der Waals surface area contributed by atoms with E-state index >= 15 is 0 Å². The van der Waals surface area contributed by atoms with Crippen molar-refractivity contribution < 1.29 is 0 Å². The van der Waals surface area contributed by atoms with Crippen LogP contribution in [0.25, 0.3) is 0 Å². The predicted molar refractivity (Wildman–Crippen MR) is 38.1 cm³/mol. The highest BCUT2D eigenvalue weighted by molar-refractivity contribution is 4.95. The zero-order valence-electron chi connectivity index (χ0n) is 5.64. The fourth-order valence-electron chi connectivity index (χ4n) is 0.930. The standard InChI is InChI=1S/C7H9N3/c1-3-8-10(6-1)7-9-4-2-5-9/h1-4,6H,5,7H2. The number of nitrogens with zero attached hydrogens (tertiary/aromatic N) is 3. The number of rotatable bonds is 2. The Morgan fingerprint density at radius 1 is 1.50 bits per heavy atom. The first-order valence-corrected chi connectivity index (χ1v) is 3.33. The summed E-state index contributed by atoms with van der Waals surface area (Å²) in [6, 6.07) is 1.93. The molecule has 0 amide bonds. The molecule has 0 saturated carbocycles. The normalized spacial score (nSPS) is 15.4. The molecule has 1 aromatic heterocycles. The molecule has 0 fully saturated rings. The summed E-state index contributed by atoms with van der Waals surface area (Å²) < 4.78 is 1.91. The highest BCUT2D eigenvalue weighted by atomic mass is 15.4. The molecule has 0 radical (unpaired) electrons. The average molecular weight is 135 g/mol. The van der Waals surface area contributed by atoms with E-state index in [4.69, 9.17) is 0 Å². The van der Waals surface area contributed by atoms with Gasteiger partial charge in [-0.1, -0.05) is 0 Å². The first-order valence-electron chi connectivity index (χ1n) is 3.33. The Balaban J connectivity index is 1.97. The summed E-state index contributed by atoms with van der Waals surface area (Å²) in [5.41, 5.74) is 0. The molecule has 0 bridgehead atoms. The van der Waals surface area contributed by atoms with Crippen molar-refractivity contribution in [1.29, 1.82) is 0 Å². The Hall–Kier alpha value is -1.25. The third kappa shape index (κ3) is 0.900. The van der Waals surface area contributed by atoms with E-state index in [1.165, 1.54) is 0 Å². The summed E-state index contributed by atoms with van der Waals surface area (Å²) in [6.45, 7) is 1.93. The second kappa shape index (κ2) is 2.17. The minimum atomic E-state index is 0.878. The van der Waals surface area contributed by atoms with Crippen LogP contribution in [0.15, 0.2) is 30.7 Å². The highest BCUT2D eigenvalue weighted by Gasteiger charge is 2.03. The molecule has 0 saturated heterocycles. The van der Waals surface area contributed by atoms with Crippen molar-refractivity contribution in [2.24, 2.45) is 0 Å². The van der Waals surface area contributed by atoms with Gasteiger partial charge in [-0.15, -0.1) is 0 Å². The van der Waals surface area contributed by atoms with Crippen LogP contribution in [0, 0.1) is 0 Å². The first kappa shape index (κ1) is 5.53. The number of hydrogen-bond acceptors (Lipinski definition) is 2. The molecule has 3 nitrogen and oxygen atoms in total. The zero-order valence-corrected chi connectivity index (χ0v) is 5.64. The van der Waals surface area contributed by atoms with E-state index in [1.807, 2.05) is 16.9 Å². The molecule has 0 atom stereocenters. The molecule has 10 heavy (non-hydrogen) atoms. The van der Waals surface area contributed by atoms with E-state index in [-0.39, 0.29) is 0 Å². The Morgan fingerprint density at radius 2 is 2.40 bits per heavy atom. The van der Waals surface area contributed by atoms with E-state index in [0.717, 1.165) is 13.2 Å². The van der Waals surface area contributed by atoms with Gasteiger partial charge in [-0.05, 0) is 18.3 Å². The number of hydrogen-bond donors (Lipinski definition) is 0. The Bertz CT molecular complexity index is 225. The topological polar surface area (TPSA) is 21.1 Å². The van der Waals surface area contributed by atoms with Crippen molar-refractivity contribution >= 4 is 0 Å². The van der Waals surface area contributed by atoms with Crippen molar-refractivity contribution in [3.05, 3.63) is 30.7 Å². The Kier molecular flexibility index (Phi) is 1.20. The Morgan fingerprint density at radius 3 is 2.90 bits per heavy atom. The second-order valence-corrected chi connectivity index (χ2v) is 2.34. The summed E-state index contributed by atoms with van der Waals surface area (Å²) in [4.78, 5) is 2.19. The van der Waals surface area contributed by atoms with Crippen LogP contribution in [0.5, 0.6) is 0 Å². The van der Waals surface area contributed by atoms with Crippen LogP contribution < -0.4 is 0 Å². The summed E-state index contributed by atoms with van der Waals surface area (Å²) in [7, 11) is 0. The van der Waals surface area contributed by atoms with Crippen molar-refractivity contribution in [2.75, 3.05) is 6.54 Å². The maximum atomic E-state index is 4.08. The van der Waals surface area contributed by atoms with Crippen molar-refractivity contribution in [2.45, 2.75) is 6.67 Å². The molecule has 52 valence electrons. The largest absolute Gasteiger partial charge is 0.355 e. The molecule has 2 rings (SSSR count). The fraction of sp³-hybridized carbons (Fsp3) is 0.286. The Labute approximate surface area is 59.6 Å². The van der Waals surface area contributed by atoms with Gasteiger partial charge in [0, 0.05) is 18.9 Å². The summed E-state index contributed by atoms with van der Waals surface area (Å²) in [5, 5.41) is 4.08. The lowest BCUT2D eigenvalue weighted by Crippen LogP contribution is -2.27. The van der Waals surface area contributed by atoms with Gasteiger partial charge in [-0.25, -0.2) is 0 Å². The van der Waals surface area contributed by atoms with Gasteiger partial charge in [-0.2, -0.15) is 5.10 Å². The lowest BCUT2D eigenvalue weighted by Gasteiger charge is -2.24. The molecular formula is C7H9N3. The maximum absolute atomic E-state index is 4.08. The summed E-state index contributed by atoms with van der Waals surface area (Å²) in [5.74, 6) is 0. The summed E-state index contributed by atoms with van der Waals surface area (Å²) in [6.07, 6.45) is 7.96. The minimum absolute atomic E-state index is 0.878. The van der Waals surface area contributed by atoms with E-state index in [1.54, 1.807) is 6.20 Å². The molecule has 1 aliphatic rings. The molecule has 0 spiro atoms. The molecule has 0 aromatic carbocycles. The molecule has 0 unspecified atom stereocenters. The van der Waals surface area contributed by atoms with Crippen LogP contribution in [0.2, 0.25) is 0 Å². The van der Waals surface area contributed by atoms with E-state index in [2.05, 4.69) is 22.3 Å².